The number of fused-ring (bicyclic) bond motifs is 1. The number of ketones is 1. The highest BCUT2D eigenvalue weighted by Crippen LogP contribution is 2.31. The third kappa shape index (κ3) is 4.42. The maximum atomic E-state index is 13.7. The van der Waals surface area contributed by atoms with Crippen molar-refractivity contribution in [2.45, 2.75) is 19.9 Å². The normalized spacial score (nSPS) is 15.6. The van der Waals surface area contributed by atoms with Crippen LogP contribution >= 0.6 is 27.3 Å². The molecule has 0 fully saturated rings. The monoisotopic (exact) mass is 561 g/mol. The second-order valence-corrected chi connectivity index (χ2v) is 10.8. The molecular formula is C28H24BrN3O3S. The number of allylic oxidation sites excluding steroid dienone is 2. The van der Waals surface area contributed by atoms with E-state index in [1.807, 2.05) is 86.6 Å². The Labute approximate surface area is 220 Å². The van der Waals surface area contributed by atoms with E-state index in [-0.39, 0.29) is 11.3 Å². The second kappa shape index (κ2) is 9.52. The lowest BCUT2D eigenvalue weighted by molar-refractivity contribution is -0.114. The van der Waals surface area contributed by atoms with Crippen molar-refractivity contribution in [3.63, 3.8) is 0 Å². The van der Waals surface area contributed by atoms with Gasteiger partial charge in [-0.05, 0) is 55.8 Å². The lowest BCUT2D eigenvalue weighted by Gasteiger charge is -2.25. The minimum atomic E-state index is -0.535. The molecule has 3 heterocycles. The summed E-state index contributed by atoms with van der Waals surface area (Å²) in [6.07, 6.45) is 1.74. The van der Waals surface area contributed by atoms with Gasteiger partial charge in [-0.25, -0.2) is 4.99 Å². The number of thiazole rings is 1. The van der Waals surface area contributed by atoms with Crippen molar-refractivity contribution in [1.82, 2.24) is 4.57 Å². The van der Waals surface area contributed by atoms with E-state index in [0.717, 1.165) is 27.0 Å². The lowest BCUT2D eigenvalue weighted by atomic mass is 9.93. The van der Waals surface area contributed by atoms with Gasteiger partial charge in [-0.15, -0.1) is 0 Å². The quantitative estimate of drug-likeness (QED) is 0.347. The molecule has 2 aromatic heterocycles. The molecule has 36 heavy (non-hydrogen) atoms. The number of benzene rings is 2. The summed E-state index contributed by atoms with van der Waals surface area (Å²) in [6.45, 7) is 3.35. The number of carbonyl (C=O) groups is 1. The lowest BCUT2D eigenvalue weighted by Crippen LogP contribution is -2.39. The van der Waals surface area contributed by atoms with Crippen LogP contribution in [0.3, 0.4) is 0 Å². The zero-order valence-corrected chi connectivity index (χ0v) is 22.7. The highest BCUT2D eigenvalue weighted by Gasteiger charge is 2.30. The maximum absolute atomic E-state index is 13.7. The fourth-order valence-corrected chi connectivity index (χ4v) is 5.66. The Hall–Kier alpha value is -3.49. The van der Waals surface area contributed by atoms with Gasteiger partial charge in [0.05, 0.1) is 10.6 Å². The number of Topliss-reactive ketones (excluding diaryl/α,β-unsaturated/α-hetero) is 1. The van der Waals surface area contributed by atoms with Gasteiger partial charge in [0.25, 0.3) is 5.56 Å². The maximum Gasteiger partial charge on any atom is 0.271 e. The van der Waals surface area contributed by atoms with E-state index in [4.69, 9.17) is 4.42 Å². The van der Waals surface area contributed by atoms with Crippen LogP contribution in [0.5, 0.6) is 0 Å². The van der Waals surface area contributed by atoms with Crippen LogP contribution in [0.4, 0.5) is 5.69 Å². The molecule has 0 saturated carbocycles. The molecule has 0 amide bonds. The van der Waals surface area contributed by atoms with Crippen molar-refractivity contribution in [3.8, 4) is 11.3 Å². The Kier molecular flexibility index (Phi) is 6.40. The molecule has 5 rings (SSSR count). The molecule has 8 heteroatoms. The average Bonchev–Trinajstić information content (AvgIpc) is 3.43. The van der Waals surface area contributed by atoms with E-state index in [1.54, 1.807) is 10.6 Å². The first kappa shape index (κ1) is 24.2. The van der Waals surface area contributed by atoms with Crippen molar-refractivity contribution < 1.29 is 9.21 Å². The molecule has 1 atom stereocenters. The molecule has 0 N–H and O–H groups in total. The first-order chi connectivity index (χ1) is 17.2. The van der Waals surface area contributed by atoms with Gasteiger partial charge in [-0.1, -0.05) is 51.5 Å². The molecular weight excluding hydrogens is 538 g/mol. The standard InChI is InChI=1S/C28H24BrN3O3S/c1-16-25(17(2)33)26(19-7-11-21(12-8-19)31(3)4)32-27(34)24(36-28(32)30-16)15-22-13-14-23(35-22)18-5-9-20(29)10-6-18/h5-15,26H,1-4H3/b24-15+/t26-/m1/s1. The van der Waals surface area contributed by atoms with Gasteiger partial charge in [0, 0.05) is 47.2 Å². The fourth-order valence-electron chi connectivity index (χ4n) is 4.37. The molecule has 0 radical (unpaired) electrons. The molecule has 0 unspecified atom stereocenters. The van der Waals surface area contributed by atoms with Crippen LogP contribution in [0.25, 0.3) is 17.4 Å². The molecule has 0 spiro atoms. The highest BCUT2D eigenvalue weighted by atomic mass is 79.9. The van der Waals surface area contributed by atoms with Gasteiger partial charge in [0.2, 0.25) is 0 Å². The number of anilines is 1. The Morgan fingerprint density at radius 2 is 1.78 bits per heavy atom. The third-order valence-electron chi connectivity index (χ3n) is 6.16. The predicted octanol–water partition coefficient (Wildman–Crippen LogP) is 4.91. The summed E-state index contributed by atoms with van der Waals surface area (Å²) in [4.78, 5) is 33.5. The molecule has 2 aromatic carbocycles. The van der Waals surface area contributed by atoms with Crippen LogP contribution in [0.1, 0.15) is 31.2 Å². The summed E-state index contributed by atoms with van der Waals surface area (Å²) in [5.41, 5.74) is 3.81. The minimum absolute atomic E-state index is 0.0996. The fraction of sp³-hybridized carbons (Fsp3) is 0.179. The van der Waals surface area contributed by atoms with Gasteiger partial charge in [-0.3, -0.25) is 14.2 Å². The van der Waals surface area contributed by atoms with E-state index in [0.29, 0.717) is 26.4 Å². The summed E-state index contributed by atoms with van der Waals surface area (Å²) in [5.74, 6) is 1.19. The van der Waals surface area contributed by atoms with Gasteiger partial charge < -0.3 is 9.32 Å². The van der Waals surface area contributed by atoms with Crippen molar-refractivity contribution in [1.29, 1.82) is 0 Å². The summed E-state index contributed by atoms with van der Waals surface area (Å²) in [5, 5.41) is 0. The third-order valence-corrected chi connectivity index (χ3v) is 7.67. The van der Waals surface area contributed by atoms with Crippen molar-refractivity contribution >= 4 is 44.8 Å². The van der Waals surface area contributed by atoms with E-state index in [1.165, 1.54) is 18.3 Å². The van der Waals surface area contributed by atoms with Crippen LogP contribution in [0.15, 0.2) is 90.6 Å². The number of furan rings is 1. The Balaban J connectivity index is 1.62. The first-order valence-corrected chi connectivity index (χ1v) is 13.0. The largest absolute Gasteiger partial charge is 0.457 e. The topological polar surface area (TPSA) is 67.8 Å². The van der Waals surface area contributed by atoms with Crippen molar-refractivity contribution in [2.75, 3.05) is 19.0 Å². The van der Waals surface area contributed by atoms with Crippen molar-refractivity contribution in [3.05, 3.63) is 107 Å². The van der Waals surface area contributed by atoms with Crippen LogP contribution in [-0.2, 0) is 4.79 Å². The molecule has 0 saturated heterocycles. The summed E-state index contributed by atoms with van der Waals surface area (Å²) in [7, 11) is 3.94. The Bertz CT molecular complexity index is 1670. The number of rotatable bonds is 5. The van der Waals surface area contributed by atoms with E-state index in [9.17, 15) is 9.59 Å². The number of hydrogen-bond acceptors (Lipinski definition) is 6. The van der Waals surface area contributed by atoms with E-state index < -0.39 is 6.04 Å². The number of aromatic nitrogens is 1. The Morgan fingerprint density at radius 3 is 2.42 bits per heavy atom. The van der Waals surface area contributed by atoms with E-state index >= 15 is 0 Å². The van der Waals surface area contributed by atoms with Crippen LogP contribution in [0.2, 0.25) is 0 Å². The smallest absolute Gasteiger partial charge is 0.271 e. The molecule has 0 bridgehead atoms. The zero-order valence-electron chi connectivity index (χ0n) is 20.3. The Morgan fingerprint density at radius 1 is 1.08 bits per heavy atom. The summed E-state index contributed by atoms with van der Waals surface area (Å²) >= 11 is 4.74. The minimum Gasteiger partial charge on any atom is -0.457 e. The molecule has 182 valence electrons. The van der Waals surface area contributed by atoms with Gasteiger partial charge in [-0.2, -0.15) is 0 Å². The van der Waals surface area contributed by atoms with E-state index in [2.05, 4.69) is 20.9 Å². The number of carbonyl (C=O) groups excluding carboxylic acids is 1. The first-order valence-electron chi connectivity index (χ1n) is 11.4. The summed E-state index contributed by atoms with van der Waals surface area (Å²) in [6, 6.07) is 19.0. The van der Waals surface area contributed by atoms with Gasteiger partial charge in [0.1, 0.15) is 11.5 Å². The van der Waals surface area contributed by atoms with Crippen molar-refractivity contribution in [2.24, 2.45) is 4.99 Å². The summed E-state index contributed by atoms with van der Waals surface area (Å²) < 4.78 is 9.13. The molecule has 1 aliphatic heterocycles. The van der Waals surface area contributed by atoms with Gasteiger partial charge in [0.15, 0.2) is 10.6 Å². The highest BCUT2D eigenvalue weighted by molar-refractivity contribution is 9.10. The van der Waals surface area contributed by atoms with Crippen LogP contribution in [-0.4, -0.2) is 24.4 Å². The zero-order chi connectivity index (χ0) is 25.6. The second-order valence-electron chi connectivity index (χ2n) is 8.83. The number of nitrogens with zero attached hydrogens (tertiary/aromatic N) is 3. The molecule has 6 nitrogen and oxygen atoms in total. The number of halogens is 1. The SMILES string of the molecule is CC(=O)C1=C(C)N=c2s/c(=C/c3ccc(-c4ccc(Br)cc4)o3)c(=O)n2[C@@H]1c1ccc(N(C)C)cc1. The van der Waals surface area contributed by atoms with Crippen LogP contribution in [0, 0.1) is 0 Å². The molecule has 4 aromatic rings. The predicted molar refractivity (Wildman–Crippen MR) is 147 cm³/mol. The number of hydrogen-bond donors (Lipinski definition) is 0. The molecule has 0 aliphatic carbocycles. The molecule has 1 aliphatic rings. The van der Waals surface area contributed by atoms with Gasteiger partial charge >= 0.3 is 0 Å². The average molecular weight is 562 g/mol. The van der Waals surface area contributed by atoms with Crippen LogP contribution < -0.4 is 19.8 Å².